The monoisotopic (exact) mass is 813 g/mol. The van der Waals surface area contributed by atoms with Gasteiger partial charge in [0.15, 0.2) is 5.60 Å². The van der Waals surface area contributed by atoms with Crippen molar-refractivity contribution in [2.75, 3.05) is 52.7 Å². The fourth-order valence-electron chi connectivity index (χ4n) is 7.85. The van der Waals surface area contributed by atoms with Crippen LogP contribution in [0.15, 0.2) is 29.8 Å². The van der Waals surface area contributed by atoms with Crippen LogP contribution < -0.4 is 16.0 Å². The van der Waals surface area contributed by atoms with E-state index in [-0.39, 0.29) is 82.6 Å². The first kappa shape index (κ1) is 44.1. The summed E-state index contributed by atoms with van der Waals surface area (Å²) in [5, 5.41) is 19.1. The van der Waals surface area contributed by atoms with Crippen molar-refractivity contribution in [3.05, 3.63) is 41.0 Å². The van der Waals surface area contributed by atoms with Crippen LogP contribution in [0.5, 0.6) is 0 Å². The molecule has 3 fully saturated rings. The first-order chi connectivity index (χ1) is 26.9. The molecular formula is C41H59N5O10S. The zero-order valence-electron chi connectivity index (χ0n) is 34.2. The van der Waals surface area contributed by atoms with E-state index < -0.39 is 45.9 Å². The third kappa shape index (κ3) is 9.68. The van der Waals surface area contributed by atoms with Gasteiger partial charge in [0.05, 0.1) is 67.2 Å². The Balaban J connectivity index is 0.957. The van der Waals surface area contributed by atoms with Crippen LogP contribution >= 0.6 is 11.3 Å². The molecule has 5 atom stereocenters. The second-order valence-electron chi connectivity index (χ2n) is 17.0. The molecule has 0 unspecified atom stereocenters. The average molecular weight is 814 g/mol. The molecular weight excluding hydrogens is 755 g/mol. The molecule has 1 aromatic heterocycles. The molecule has 3 aliphatic rings. The molecule has 5 rings (SSSR count). The smallest absolute Gasteiger partial charge is 0.313 e. The Kier molecular flexibility index (Phi) is 14.2. The number of ether oxygens (including phenoxy) is 4. The maximum atomic E-state index is 13.9. The molecule has 2 saturated heterocycles. The van der Waals surface area contributed by atoms with Gasteiger partial charge in [-0.25, -0.2) is 4.98 Å². The second kappa shape index (κ2) is 18.3. The van der Waals surface area contributed by atoms with Gasteiger partial charge in [-0.2, -0.15) is 0 Å². The highest BCUT2D eigenvalue weighted by Gasteiger charge is 2.75. The summed E-state index contributed by atoms with van der Waals surface area (Å²) in [4.78, 5) is 72.4. The minimum Gasteiger partial charge on any atom is -0.448 e. The van der Waals surface area contributed by atoms with Crippen LogP contribution in [-0.4, -0.2) is 121 Å². The van der Waals surface area contributed by atoms with Crippen molar-refractivity contribution in [2.24, 2.45) is 16.2 Å². The molecule has 2 bridgehead atoms. The SMILES string of the molecule is Cc1ncsc1-c1ccc(CNC(=O)[C@@H]2C[C@@H](O)CN2C(=O)[C@@H](NC(=O)CCOCCOCCOCCNC(=O)[C@@]23CC[C@](C)(C(=O)O2)C3(C)C)C(C)(C)C)cc1. The third-order valence-electron chi connectivity index (χ3n) is 11.9. The maximum Gasteiger partial charge on any atom is 0.313 e. The maximum absolute atomic E-state index is 13.9. The standard InChI is InChI=1S/C41H59N5O10S/c1-26-32(57-25-44-26)28-10-8-27(9-11-28)23-43-34(49)30-22-29(47)24-46(30)35(50)33(38(2,3)4)45-31(48)12-16-53-18-20-55-21-19-54-17-15-42-36(51)41-14-13-40(7,37(52)56-41)39(41,5)6/h8-11,25,29-30,33,47H,12-24H2,1-7H3,(H,42,51)(H,43,49)(H,45,48)/t29-,30+,33-,40-,41-/m1/s1. The van der Waals surface area contributed by atoms with Crippen molar-refractivity contribution in [2.45, 2.75) is 104 Å². The number of rotatable bonds is 19. The van der Waals surface area contributed by atoms with Gasteiger partial charge >= 0.3 is 5.97 Å². The number of carbonyl (C=O) groups excluding carboxylic acids is 5. The number of aryl methyl sites for hydroxylation is 1. The van der Waals surface area contributed by atoms with Crippen molar-refractivity contribution < 1.29 is 48.0 Å². The summed E-state index contributed by atoms with van der Waals surface area (Å²) in [7, 11) is 0. The van der Waals surface area contributed by atoms with E-state index in [1.165, 1.54) is 4.90 Å². The number of aliphatic hydroxyl groups is 1. The Bertz CT molecular complexity index is 1760. The number of hydrogen-bond donors (Lipinski definition) is 4. The summed E-state index contributed by atoms with van der Waals surface area (Å²) < 4.78 is 22.3. The van der Waals surface area contributed by atoms with Crippen LogP contribution in [0, 0.1) is 23.2 Å². The summed E-state index contributed by atoms with van der Waals surface area (Å²) in [5.74, 6) is -1.78. The number of benzene rings is 1. The Labute approximate surface area is 338 Å². The van der Waals surface area contributed by atoms with Crippen LogP contribution in [0.4, 0.5) is 0 Å². The first-order valence-corrected chi connectivity index (χ1v) is 20.6. The lowest BCUT2D eigenvalue weighted by molar-refractivity contribution is -0.168. The summed E-state index contributed by atoms with van der Waals surface area (Å²) >= 11 is 1.57. The number of nitrogens with one attached hydrogen (secondary N) is 3. The molecule has 3 heterocycles. The molecule has 15 nitrogen and oxygen atoms in total. The number of aromatic nitrogens is 1. The van der Waals surface area contributed by atoms with E-state index in [0.717, 1.165) is 21.7 Å². The third-order valence-corrected chi connectivity index (χ3v) is 12.9. The van der Waals surface area contributed by atoms with Gasteiger partial charge in [0, 0.05) is 37.9 Å². The fourth-order valence-corrected chi connectivity index (χ4v) is 8.66. The topological polar surface area (TPSA) is 195 Å². The van der Waals surface area contributed by atoms with E-state index >= 15 is 0 Å². The summed E-state index contributed by atoms with van der Waals surface area (Å²) in [6, 6.07) is 6.04. The average Bonchev–Trinajstić information content (AvgIpc) is 3.86. The van der Waals surface area contributed by atoms with E-state index in [4.69, 9.17) is 18.9 Å². The molecule has 0 spiro atoms. The van der Waals surface area contributed by atoms with Gasteiger partial charge in [-0.1, -0.05) is 58.9 Å². The Morgan fingerprint density at radius 2 is 1.63 bits per heavy atom. The van der Waals surface area contributed by atoms with Gasteiger partial charge in [0.2, 0.25) is 17.7 Å². The number of fused-ring (bicyclic) bond motifs is 2. The highest BCUT2D eigenvalue weighted by molar-refractivity contribution is 7.13. The van der Waals surface area contributed by atoms with Crippen LogP contribution in [-0.2, 0) is 49.5 Å². The lowest BCUT2D eigenvalue weighted by Crippen LogP contribution is -2.57. The summed E-state index contributed by atoms with van der Waals surface area (Å²) in [6.45, 7) is 15.2. The first-order valence-electron chi connectivity index (χ1n) is 19.7. The predicted octanol–water partition coefficient (Wildman–Crippen LogP) is 2.91. The molecule has 0 radical (unpaired) electrons. The van der Waals surface area contributed by atoms with Crippen LogP contribution in [0.3, 0.4) is 0 Å². The van der Waals surface area contributed by atoms with Crippen molar-refractivity contribution >= 4 is 40.9 Å². The highest BCUT2D eigenvalue weighted by atomic mass is 32.1. The zero-order valence-corrected chi connectivity index (χ0v) is 35.1. The molecule has 314 valence electrons. The van der Waals surface area contributed by atoms with Gasteiger partial charge in [-0.15, -0.1) is 11.3 Å². The largest absolute Gasteiger partial charge is 0.448 e. The van der Waals surface area contributed by atoms with Crippen LogP contribution in [0.2, 0.25) is 0 Å². The number of aliphatic hydroxyl groups excluding tert-OH is 1. The molecule has 1 aliphatic carbocycles. The quantitative estimate of drug-likeness (QED) is 0.120. The number of carbonyl (C=O) groups is 5. The Morgan fingerprint density at radius 1 is 0.982 bits per heavy atom. The molecule has 4 amide bonds. The lowest BCUT2D eigenvalue weighted by Gasteiger charge is -2.35. The summed E-state index contributed by atoms with van der Waals surface area (Å²) in [6.07, 6.45) is 0.378. The minimum absolute atomic E-state index is 0.00965. The van der Waals surface area contributed by atoms with Crippen molar-refractivity contribution in [1.82, 2.24) is 25.8 Å². The van der Waals surface area contributed by atoms with E-state index in [9.17, 15) is 29.1 Å². The van der Waals surface area contributed by atoms with Crippen molar-refractivity contribution in [3.8, 4) is 10.4 Å². The fraction of sp³-hybridized carbons (Fsp3) is 0.659. The lowest BCUT2D eigenvalue weighted by atomic mass is 9.66. The van der Waals surface area contributed by atoms with Crippen molar-refractivity contribution in [1.29, 1.82) is 0 Å². The van der Waals surface area contributed by atoms with Gasteiger partial charge in [-0.05, 0) is 43.2 Å². The second-order valence-corrected chi connectivity index (χ2v) is 17.8. The molecule has 2 aromatic rings. The van der Waals surface area contributed by atoms with Crippen LogP contribution in [0.25, 0.3) is 10.4 Å². The Morgan fingerprint density at radius 3 is 2.21 bits per heavy atom. The van der Waals surface area contributed by atoms with Crippen LogP contribution in [0.1, 0.15) is 78.5 Å². The molecule has 57 heavy (non-hydrogen) atoms. The van der Waals surface area contributed by atoms with Gasteiger partial charge < -0.3 is 44.9 Å². The normalized spacial score (nSPS) is 24.3. The molecule has 2 aliphatic heterocycles. The van der Waals surface area contributed by atoms with E-state index in [2.05, 4.69) is 20.9 Å². The number of esters is 1. The highest BCUT2D eigenvalue weighted by Crippen LogP contribution is 2.65. The predicted molar refractivity (Wildman–Crippen MR) is 212 cm³/mol. The number of thiazole rings is 1. The van der Waals surface area contributed by atoms with Gasteiger partial charge in [0.1, 0.15) is 12.1 Å². The molecule has 1 saturated carbocycles. The van der Waals surface area contributed by atoms with Gasteiger partial charge in [0.25, 0.3) is 5.91 Å². The zero-order chi connectivity index (χ0) is 41.6. The molecule has 4 N–H and O–H groups in total. The summed E-state index contributed by atoms with van der Waals surface area (Å²) in [5.41, 5.74) is 1.63. The minimum atomic E-state index is -1.15. The van der Waals surface area contributed by atoms with E-state index in [0.29, 0.717) is 26.1 Å². The van der Waals surface area contributed by atoms with E-state index in [1.54, 1.807) is 11.3 Å². The molecule has 1 aromatic carbocycles. The van der Waals surface area contributed by atoms with Gasteiger partial charge in [-0.3, -0.25) is 24.0 Å². The Hall–Kier alpha value is -3.96. The number of likely N-dealkylation sites (tertiary alicyclic amines) is 1. The number of amides is 4. The number of hydrogen-bond acceptors (Lipinski definition) is 12. The number of β-amino-alcohol motifs (C(OH)–C–C–N with tert-alkyl or cyclic N) is 1. The van der Waals surface area contributed by atoms with E-state index in [1.807, 2.05) is 78.2 Å². The molecule has 16 heteroatoms. The van der Waals surface area contributed by atoms with Crippen molar-refractivity contribution in [3.63, 3.8) is 0 Å². The number of nitrogens with zero attached hydrogens (tertiary/aromatic N) is 2.